The number of nitrogens with zero attached hydrogens (tertiary/aromatic N) is 2. The zero-order valence-corrected chi connectivity index (χ0v) is 14.4. The Bertz CT molecular complexity index is 786. The highest BCUT2D eigenvalue weighted by Crippen LogP contribution is 2.14. The lowest BCUT2D eigenvalue weighted by atomic mass is 9.99. The maximum atomic E-state index is 11.9. The van der Waals surface area contributed by atoms with Gasteiger partial charge in [-0.3, -0.25) is 14.0 Å². The third-order valence-corrected chi connectivity index (χ3v) is 5.16. The van der Waals surface area contributed by atoms with E-state index in [0.717, 1.165) is 0 Å². The Kier molecular flexibility index (Phi) is 5.42. The second-order valence-corrected chi connectivity index (χ2v) is 7.03. The standard InChI is InChI=1S/C14H17N3O4S2/c1-3-14(2,12(20)21)16-10(18)8-22-7-9-6-11(19)17-4-5-23-13(17)15-9/h4-6H,3,7-8H2,1-2H3,(H,16,18)(H,20,21). The fourth-order valence-corrected chi connectivity index (χ4v) is 3.30. The summed E-state index contributed by atoms with van der Waals surface area (Å²) in [4.78, 5) is 39.8. The van der Waals surface area contributed by atoms with Crippen LogP contribution in [0.1, 0.15) is 26.0 Å². The minimum absolute atomic E-state index is 0.106. The number of thiazole rings is 1. The number of carboxylic acids is 1. The summed E-state index contributed by atoms with van der Waals surface area (Å²) in [6.45, 7) is 3.18. The molecule has 0 aromatic carbocycles. The van der Waals surface area contributed by atoms with Crippen LogP contribution in [0.2, 0.25) is 0 Å². The van der Waals surface area contributed by atoms with Crippen molar-refractivity contribution in [2.24, 2.45) is 0 Å². The van der Waals surface area contributed by atoms with E-state index in [9.17, 15) is 14.4 Å². The predicted octanol–water partition coefficient (Wildman–Crippen LogP) is 1.36. The summed E-state index contributed by atoms with van der Waals surface area (Å²) < 4.78 is 1.46. The molecule has 0 aliphatic heterocycles. The number of aromatic nitrogens is 2. The van der Waals surface area contributed by atoms with E-state index in [-0.39, 0.29) is 17.2 Å². The van der Waals surface area contributed by atoms with Crippen molar-refractivity contribution in [1.82, 2.24) is 14.7 Å². The Balaban J connectivity index is 1.92. The largest absolute Gasteiger partial charge is 0.480 e. The smallest absolute Gasteiger partial charge is 0.329 e. The molecule has 0 saturated heterocycles. The molecule has 124 valence electrons. The normalized spacial score (nSPS) is 13.7. The van der Waals surface area contributed by atoms with Crippen molar-refractivity contribution >= 4 is 39.9 Å². The number of amides is 1. The second kappa shape index (κ2) is 7.14. The summed E-state index contributed by atoms with van der Waals surface area (Å²) >= 11 is 2.65. The molecule has 9 heteroatoms. The van der Waals surface area contributed by atoms with E-state index in [1.807, 2.05) is 0 Å². The van der Waals surface area contributed by atoms with Crippen LogP contribution in [-0.4, -0.2) is 37.7 Å². The van der Waals surface area contributed by atoms with Crippen LogP contribution in [0.15, 0.2) is 22.4 Å². The zero-order valence-electron chi connectivity index (χ0n) is 12.7. The first-order chi connectivity index (χ1) is 10.9. The number of nitrogens with one attached hydrogen (secondary N) is 1. The lowest BCUT2D eigenvalue weighted by Crippen LogP contribution is -2.52. The number of rotatable bonds is 7. The van der Waals surface area contributed by atoms with E-state index < -0.39 is 11.5 Å². The molecule has 0 aliphatic rings. The summed E-state index contributed by atoms with van der Waals surface area (Å²) in [7, 11) is 0. The van der Waals surface area contributed by atoms with E-state index in [1.165, 1.54) is 40.5 Å². The summed E-state index contributed by atoms with van der Waals surface area (Å²) in [6.07, 6.45) is 1.96. The monoisotopic (exact) mass is 355 g/mol. The molecule has 2 heterocycles. The van der Waals surface area contributed by atoms with Crippen molar-refractivity contribution in [2.75, 3.05) is 5.75 Å². The molecule has 2 aromatic heterocycles. The first-order valence-electron chi connectivity index (χ1n) is 6.93. The van der Waals surface area contributed by atoms with E-state index in [1.54, 1.807) is 18.5 Å². The summed E-state index contributed by atoms with van der Waals surface area (Å²) in [6, 6.07) is 1.44. The number of thioether (sulfide) groups is 1. The van der Waals surface area contributed by atoms with E-state index in [4.69, 9.17) is 5.11 Å². The van der Waals surface area contributed by atoms with Crippen LogP contribution >= 0.6 is 23.1 Å². The number of hydrogen-bond acceptors (Lipinski definition) is 6. The number of carboxylic acid groups (broad SMARTS) is 1. The Hall–Kier alpha value is -1.87. The number of carbonyl (C=O) groups excluding carboxylic acids is 1. The molecule has 7 nitrogen and oxygen atoms in total. The zero-order chi connectivity index (χ0) is 17.0. The highest BCUT2D eigenvalue weighted by molar-refractivity contribution is 7.99. The molecule has 0 aliphatic carbocycles. The molecule has 0 saturated carbocycles. The molecule has 23 heavy (non-hydrogen) atoms. The first kappa shape index (κ1) is 17.5. The molecule has 2 aromatic rings. The predicted molar refractivity (Wildman–Crippen MR) is 90.0 cm³/mol. The van der Waals surface area contributed by atoms with Crippen LogP contribution in [-0.2, 0) is 15.3 Å². The summed E-state index contributed by atoms with van der Waals surface area (Å²) in [5, 5.41) is 13.4. The van der Waals surface area contributed by atoms with Crippen LogP contribution in [0, 0.1) is 0 Å². The van der Waals surface area contributed by atoms with Crippen LogP contribution in [0.3, 0.4) is 0 Å². The third-order valence-electron chi connectivity index (χ3n) is 3.43. The quantitative estimate of drug-likeness (QED) is 0.778. The van der Waals surface area contributed by atoms with Gasteiger partial charge in [0.25, 0.3) is 5.56 Å². The second-order valence-electron chi connectivity index (χ2n) is 5.17. The summed E-state index contributed by atoms with van der Waals surface area (Å²) in [5.74, 6) is -0.895. The third kappa shape index (κ3) is 4.11. The fraction of sp³-hybridized carbons (Fsp3) is 0.429. The topological polar surface area (TPSA) is 101 Å². The van der Waals surface area contributed by atoms with Gasteiger partial charge >= 0.3 is 5.97 Å². The van der Waals surface area contributed by atoms with Gasteiger partial charge in [0.1, 0.15) is 5.54 Å². The molecule has 0 bridgehead atoms. The average Bonchev–Trinajstić information content (AvgIpc) is 2.95. The van der Waals surface area contributed by atoms with Crippen molar-refractivity contribution in [3.05, 3.63) is 33.7 Å². The molecule has 1 unspecified atom stereocenters. The number of carbonyl (C=O) groups is 2. The van der Waals surface area contributed by atoms with Gasteiger partial charge in [-0.1, -0.05) is 6.92 Å². The Morgan fingerprint density at radius 2 is 2.26 bits per heavy atom. The van der Waals surface area contributed by atoms with Gasteiger partial charge in [-0.25, -0.2) is 9.78 Å². The van der Waals surface area contributed by atoms with Gasteiger partial charge < -0.3 is 10.4 Å². The van der Waals surface area contributed by atoms with Crippen LogP contribution in [0.4, 0.5) is 0 Å². The van der Waals surface area contributed by atoms with Gasteiger partial charge in [0.2, 0.25) is 5.91 Å². The van der Waals surface area contributed by atoms with Gasteiger partial charge in [-0.15, -0.1) is 23.1 Å². The maximum Gasteiger partial charge on any atom is 0.329 e. The molecule has 1 atom stereocenters. The van der Waals surface area contributed by atoms with E-state index in [2.05, 4.69) is 10.3 Å². The molecular weight excluding hydrogens is 338 g/mol. The van der Waals surface area contributed by atoms with Gasteiger partial charge in [0.15, 0.2) is 4.96 Å². The maximum absolute atomic E-state index is 11.9. The van der Waals surface area contributed by atoms with Gasteiger partial charge in [0.05, 0.1) is 11.4 Å². The van der Waals surface area contributed by atoms with Crippen molar-refractivity contribution in [3.8, 4) is 0 Å². The lowest BCUT2D eigenvalue weighted by Gasteiger charge is -2.24. The van der Waals surface area contributed by atoms with E-state index in [0.29, 0.717) is 22.8 Å². The molecule has 0 fully saturated rings. The molecule has 2 rings (SSSR count). The van der Waals surface area contributed by atoms with Crippen molar-refractivity contribution < 1.29 is 14.7 Å². The lowest BCUT2D eigenvalue weighted by molar-refractivity contribution is -0.146. The van der Waals surface area contributed by atoms with Crippen molar-refractivity contribution in [1.29, 1.82) is 0 Å². The molecule has 2 N–H and O–H groups in total. The molecule has 0 radical (unpaired) electrons. The van der Waals surface area contributed by atoms with Crippen LogP contribution in [0.5, 0.6) is 0 Å². The van der Waals surface area contributed by atoms with Gasteiger partial charge in [-0.2, -0.15) is 0 Å². The number of hydrogen-bond donors (Lipinski definition) is 2. The van der Waals surface area contributed by atoms with E-state index >= 15 is 0 Å². The Morgan fingerprint density at radius 1 is 1.52 bits per heavy atom. The first-order valence-corrected chi connectivity index (χ1v) is 8.97. The molecule has 0 spiro atoms. The molecule has 1 amide bonds. The van der Waals surface area contributed by atoms with Gasteiger partial charge in [0, 0.05) is 23.4 Å². The van der Waals surface area contributed by atoms with Gasteiger partial charge in [-0.05, 0) is 13.3 Å². The van der Waals surface area contributed by atoms with Crippen molar-refractivity contribution in [2.45, 2.75) is 31.6 Å². The average molecular weight is 355 g/mol. The highest BCUT2D eigenvalue weighted by Gasteiger charge is 2.32. The number of fused-ring (bicyclic) bond motifs is 1. The minimum Gasteiger partial charge on any atom is -0.480 e. The molecular formula is C14H17N3O4S2. The SMILES string of the molecule is CCC(C)(NC(=O)CSCc1cc(=O)n2ccsc2n1)C(=O)O. The van der Waals surface area contributed by atoms with Crippen molar-refractivity contribution in [3.63, 3.8) is 0 Å². The summed E-state index contributed by atoms with van der Waals surface area (Å²) in [5.41, 5.74) is -0.808. The Labute approximate surface area is 140 Å². The highest BCUT2D eigenvalue weighted by atomic mass is 32.2. The number of aliphatic carboxylic acids is 1. The minimum atomic E-state index is -1.26. The van der Waals surface area contributed by atoms with Crippen LogP contribution in [0.25, 0.3) is 4.96 Å². The van der Waals surface area contributed by atoms with Crippen LogP contribution < -0.4 is 10.9 Å². The fourth-order valence-electron chi connectivity index (χ4n) is 1.85. The Morgan fingerprint density at radius 3 is 2.91 bits per heavy atom.